The minimum Gasteiger partial charge on any atom is -0.454 e. The van der Waals surface area contributed by atoms with Crippen molar-refractivity contribution in [2.24, 2.45) is 0 Å². The van der Waals surface area contributed by atoms with Crippen LogP contribution in [0.1, 0.15) is 27.0 Å². The van der Waals surface area contributed by atoms with E-state index in [9.17, 15) is 4.79 Å². The van der Waals surface area contributed by atoms with E-state index in [1.165, 1.54) is 0 Å². The zero-order valence-electron chi connectivity index (χ0n) is 14.1. The van der Waals surface area contributed by atoms with Gasteiger partial charge in [-0.05, 0) is 48.2 Å². The first-order chi connectivity index (χ1) is 12.7. The van der Waals surface area contributed by atoms with E-state index in [0.29, 0.717) is 17.1 Å². The van der Waals surface area contributed by atoms with E-state index in [4.69, 9.17) is 9.47 Å². The number of ether oxygens (including phenoxy) is 2. The van der Waals surface area contributed by atoms with Gasteiger partial charge in [0.25, 0.3) is 5.91 Å². The fourth-order valence-corrected chi connectivity index (χ4v) is 4.37. The van der Waals surface area contributed by atoms with Gasteiger partial charge in [0.1, 0.15) is 6.17 Å². The van der Waals surface area contributed by atoms with Crippen molar-refractivity contribution >= 4 is 28.6 Å². The number of amides is 1. The minimum absolute atomic E-state index is 0.0315. The number of nitrogens with zero attached hydrogens (tertiary/aromatic N) is 1. The quantitative estimate of drug-likeness (QED) is 0.724. The van der Waals surface area contributed by atoms with Crippen LogP contribution >= 0.6 is 11.3 Å². The fraction of sp³-hybridized carbons (Fsp3) is 0.150. The summed E-state index contributed by atoms with van der Waals surface area (Å²) in [5, 5.41) is 5.58. The van der Waals surface area contributed by atoms with Crippen molar-refractivity contribution in [2.45, 2.75) is 13.1 Å². The standard InChI is InChI=1S/C20H16N2O3S/c1-12-8-9-26-18(12)19-21-15-5-3-2-4-14(15)20(23)22(19)13-6-7-16-17(10-13)25-11-24-16/h2-10,19,21H,11H2,1H3. The SMILES string of the molecule is Cc1ccsc1C1Nc2ccccc2C(=O)N1c1ccc2c(c1)OCO2. The van der Waals surface area contributed by atoms with Crippen LogP contribution in [0.25, 0.3) is 0 Å². The largest absolute Gasteiger partial charge is 0.454 e. The highest BCUT2D eigenvalue weighted by molar-refractivity contribution is 7.10. The lowest BCUT2D eigenvalue weighted by Gasteiger charge is -2.37. The Balaban J connectivity index is 1.67. The second kappa shape index (κ2) is 5.78. The van der Waals surface area contributed by atoms with E-state index in [-0.39, 0.29) is 18.9 Å². The summed E-state index contributed by atoms with van der Waals surface area (Å²) in [5.74, 6) is 1.34. The molecule has 0 bridgehead atoms. The summed E-state index contributed by atoms with van der Waals surface area (Å²) in [5.41, 5.74) is 3.45. The summed E-state index contributed by atoms with van der Waals surface area (Å²) < 4.78 is 10.9. The van der Waals surface area contributed by atoms with Crippen LogP contribution < -0.4 is 19.7 Å². The normalized spacial score (nSPS) is 17.8. The number of aryl methyl sites for hydroxylation is 1. The number of carbonyl (C=O) groups is 1. The van der Waals surface area contributed by atoms with Crippen molar-refractivity contribution in [3.63, 3.8) is 0 Å². The Labute approximate surface area is 154 Å². The van der Waals surface area contributed by atoms with Gasteiger partial charge < -0.3 is 14.8 Å². The molecule has 1 unspecified atom stereocenters. The van der Waals surface area contributed by atoms with Gasteiger partial charge in [0.05, 0.1) is 16.1 Å². The van der Waals surface area contributed by atoms with Crippen molar-refractivity contribution in [3.05, 3.63) is 69.9 Å². The summed E-state index contributed by atoms with van der Waals surface area (Å²) >= 11 is 1.64. The highest BCUT2D eigenvalue weighted by Gasteiger charge is 2.36. The van der Waals surface area contributed by atoms with Crippen LogP contribution in [0.5, 0.6) is 11.5 Å². The number of nitrogens with one attached hydrogen (secondary N) is 1. The number of thiophene rings is 1. The lowest BCUT2D eigenvalue weighted by atomic mass is 10.0. The van der Waals surface area contributed by atoms with Crippen LogP contribution in [-0.2, 0) is 0 Å². The lowest BCUT2D eigenvalue weighted by molar-refractivity contribution is 0.0975. The van der Waals surface area contributed by atoms with Gasteiger partial charge in [-0.1, -0.05) is 12.1 Å². The Kier molecular flexibility index (Phi) is 3.39. The third-order valence-electron chi connectivity index (χ3n) is 4.71. The Morgan fingerprint density at radius 3 is 2.81 bits per heavy atom. The van der Waals surface area contributed by atoms with Crippen molar-refractivity contribution in [2.75, 3.05) is 17.0 Å². The second-order valence-electron chi connectivity index (χ2n) is 6.27. The van der Waals surface area contributed by atoms with Crippen molar-refractivity contribution in [1.82, 2.24) is 0 Å². The summed E-state index contributed by atoms with van der Waals surface area (Å²) in [6.07, 6.45) is -0.266. The van der Waals surface area contributed by atoms with Crippen molar-refractivity contribution in [1.29, 1.82) is 0 Å². The van der Waals surface area contributed by atoms with Crippen LogP contribution in [0, 0.1) is 6.92 Å². The minimum atomic E-state index is -0.266. The molecule has 5 rings (SSSR count). The van der Waals surface area contributed by atoms with Gasteiger partial charge in [-0.3, -0.25) is 9.69 Å². The van der Waals surface area contributed by atoms with Gasteiger partial charge in [0.15, 0.2) is 11.5 Å². The molecule has 130 valence electrons. The monoisotopic (exact) mass is 364 g/mol. The molecule has 3 heterocycles. The zero-order valence-corrected chi connectivity index (χ0v) is 14.9. The molecule has 5 nitrogen and oxygen atoms in total. The van der Waals surface area contributed by atoms with Crippen molar-refractivity contribution < 1.29 is 14.3 Å². The van der Waals surface area contributed by atoms with Gasteiger partial charge in [0, 0.05) is 11.8 Å². The number of anilines is 2. The first-order valence-electron chi connectivity index (χ1n) is 8.35. The van der Waals surface area contributed by atoms with E-state index in [2.05, 4.69) is 23.7 Å². The number of fused-ring (bicyclic) bond motifs is 2. The summed E-state index contributed by atoms with van der Waals surface area (Å²) in [7, 11) is 0. The highest BCUT2D eigenvalue weighted by atomic mass is 32.1. The molecule has 2 aliphatic heterocycles. The molecule has 1 N–H and O–H groups in total. The number of rotatable bonds is 2. The Hall–Kier alpha value is -2.99. The van der Waals surface area contributed by atoms with Crippen LogP contribution in [0.15, 0.2) is 53.9 Å². The molecule has 0 radical (unpaired) electrons. The van der Waals surface area contributed by atoms with Crippen LogP contribution in [0.4, 0.5) is 11.4 Å². The molecule has 2 aromatic carbocycles. The molecule has 1 atom stereocenters. The molecule has 0 saturated carbocycles. The first-order valence-corrected chi connectivity index (χ1v) is 9.23. The average Bonchev–Trinajstić information content (AvgIpc) is 3.29. The van der Waals surface area contributed by atoms with E-state index < -0.39 is 0 Å². The second-order valence-corrected chi connectivity index (χ2v) is 7.22. The highest BCUT2D eigenvalue weighted by Crippen LogP contribution is 2.42. The molecular formula is C20H16N2O3S. The number of carbonyl (C=O) groups excluding carboxylic acids is 1. The molecule has 0 fully saturated rings. The molecule has 0 spiro atoms. The number of hydrogen-bond acceptors (Lipinski definition) is 5. The summed E-state index contributed by atoms with van der Waals surface area (Å²) in [6, 6.07) is 15.3. The van der Waals surface area contributed by atoms with E-state index in [1.807, 2.05) is 42.5 Å². The van der Waals surface area contributed by atoms with E-state index in [0.717, 1.165) is 21.8 Å². The van der Waals surface area contributed by atoms with Crippen LogP contribution in [0.3, 0.4) is 0 Å². The molecule has 0 saturated heterocycles. The molecule has 1 amide bonds. The number of hydrogen-bond donors (Lipinski definition) is 1. The Morgan fingerprint density at radius 2 is 1.96 bits per heavy atom. The van der Waals surface area contributed by atoms with Gasteiger partial charge in [-0.25, -0.2) is 0 Å². The summed E-state index contributed by atoms with van der Waals surface area (Å²) in [6.45, 7) is 2.28. The number of para-hydroxylation sites is 1. The van der Waals surface area contributed by atoms with E-state index in [1.54, 1.807) is 16.2 Å². The Bertz CT molecular complexity index is 1010. The topological polar surface area (TPSA) is 50.8 Å². The first kappa shape index (κ1) is 15.3. The van der Waals surface area contributed by atoms with Crippen molar-refractivity contribution in [3.8, 4) is 11.5 Å². The lowest BCUT2D eigenvalue weighted by Crippen LogP contribution is -2.43. The predicted molar refractivity (Wildman–Crippen MR) is 101 cm³/mol. The molecular weight excluding hydrogens is 348 g/mol. The molecule has 26 heavy (non-hydrogen) atoms. The maximum absolute atomic E-state index is 13.4. The molecule has 6 heteroatoms. The smallest absolute Gasteiger partial charge is 0.262 e. The number of benzene rings is 2. The van der Waals surface area contributed by atoms with Gasteiger partial charge >= 0.3 is 0 Å². The molecule has 3 aromatic rings. The zero-order chi connectivity index (χ0) is 17.7. The maximum atomic E-state index is 13.4. The Morgan fingerprint density at radius 1 is 1.12 bits per heavy atom. The molecule has 2 aliphatic rings. The third kappa shape index (κ3) is 2.26. The maximum Gasteiger partial charge on any atom is 0.262 e. The molecule has 1 aromatic heterocycles. The van der Waals surface area contributed by atoms with Gasteiger partial charge in [0.2, 0.25) is 6.79 Å². The molecule has 0 aliphatic carbocycles. The van der Waals surface area contributed by atoms with Gasteiger partial charge in [-0.2, -0.15) is 0 Å². The summed E-state index contributed by atoms with van der Waals surface area (Å²) in [4.78, 5) is 16.3. The van der Waals surface area contributed by atoms with Crippen LogP contribution in [0.2, 0.25) is 0 Å². The third-order valence-corrected chi connectivity index (χ3v) is 5.78. The van der Waals surface area contributed by atoms with E-state index >= 15 is 0 Å². The van der Waals surface area contributed by atoms with Gasteiger partial charge in [-0.15, -0.1) is 11.3 Å². The predicted octanol–water partition coefficient (Wildman–Crippen LogP) is 4.56. The van der Waals surface area contributed by atoms with Crippen LogP contribution in [-0.4, -0.2) is 12.7 Å². The fourth-order valence-electron chi connectivity index (χ4n) is 3.40. The average molecular weight is 364 g/mol.